The van der Waals surface area contributed by atoms with Crippen molar-refractivity contribution in [3.05, 3.63) is 35.4 Å². The van der Waals surface area contributed by atoms with Crippen LogP contribution < -0.4 is 5.32 Å². The minimum absolute atomic E-state index is 0. The molecule has 1 aliphatic heterocycles. The summed E-state index contributed by atoms with van der Waals surface area (Å²) in [6.07, 6.45) is 10.7. The molecular weight excluding hydrogens is 416 g/mol. The number of amides is 2. The van der Waals surface area contributed by atoms with Crippen molar-refractivity contribution in [2.75, 3.05) is 19.6 Å². The quantitative estimate of drug-likeness (QED) is 0.497. The Kier molecular flexibility index (Phi) is 5.67. The molecule has 5 aliphatic rings. The van der Waals surface area contributed by atoms with Crippen molar-refractivity contribution in [3.63, 3.8) is 0 Å². The molecule has 4 bridgehead atoms. The fourth-order valence-corrected chi connectivity index (χ4v) is 6.82. The van der Waals surface area contributed by atoms with Crippen molar-refractivity contribution in [3.8, 4) is 0 Å². The van der Waals surface area contributed by atoms with Crippen LogP contribution in [0.5, 0.6) is 0 Å². The number of fused-ring (bicyclic) bond motifs is 1. The fourth-order valence-electron chi connectivity index (χ4n) is 6.82. The molecule has 1 heterocycles. The van der Waals surface area contributed by atoms with Gasteiger partial charge < -0.3 is 5.32 Å². The monoisotopic (exact) mass is 446 g/mol. The molecule has 0 unspecified atom stereocenters. The van der Waals surface area contributed by atoms with Gasteiger partial charge in [0.1, 0.15) is 0 Å². The summed E-state index contributed by atoms with van der Waals surface area (Å²) in [5, 5.41) is 3.72. The molecule has 2 amide bonds. The highest BCUT2D eigenvalue weighted by atomic mass is 79.9. The molecule has 1 N–H and O–H groups in total. The van der Waals surface area contributed by atoms with E-state index in [0.717, 1.165) is 37.1 Å². The van der Waals surface area contributed by atoms with Crippen LogP contribution in [0.15, 0.2) is 24.3 Å². The van der Waals surface area contributed by atoms with Crippen LogP contribution >= 0.6 is 17.0 Å². The van der Waals surface area contributed by atoms with Crippen LogP contribution in [0.25, 0.3) is 0 Å². The molecule has 0 spiro atoms. The van der Waals surface area contributed by atoms with Crippen LogP contribution in [0, 0.1) is 23.2 Å². The van der Waals surface area contributed by atoms with Gasteiger partial charge in [0, 0.05) is 13.1 Å². The SMILES string of the molecule is Br.O=C1c2ccccc2C(=O)N1CCCCNCC12CC3CC(CC(C3)C1)C2. The second-order valence-electron chi connectivity index (χ2n) is 9.61. The molecule has 0 atom stereocenters. The molecule has 152 valence electrons. The first kappa shape index (κ1) is 20.1. The largest absolute Gasteiger partial charge is 0.316 e. The number of hydrogen-bond donors (Lipinski definition) is 1. The van der Waals surface area contributed by atoms with E-state index in [1.54, 1.807) is 12.1 Å². The Labute approximate surface area is 178 Å². The van der Waals surface area contributed by atoms with Crippen molar-refractivity contribution < 1.29 is 9.59 Å². The third kappa shape index (κ3) is 3.56. The van der Waals surface area contributed by atoms with E-state index in [-0.39, 0.29) is 28.8 Å². The van der Waals surface area contributed by atoms with Gasteiger partial charge in [-0.1, -0.05) is 12.1 Å². The number of rotatable bonds is 7. The fraction of sp³-hybridized carbons (Fsp3) is 0.652. The molecule has 5 heteroatoms. The molecule has 4 aliphatic carbocycles. The summed E-state index contributed by atoms with van der Waals surface area (Å²) in [5.74, 6) is 2.76. The lowest BCUT2D eigenvalue weighted by atomic mass is 9.49. The van der Waals surface area contributed by atoms with Crippen LogP contribution in [-0.2, 0) is 0 Å². The molecule has 0 radical (unpaired) electrons. The van der Waals surface area contributed by atoms with Gasteiger partial charge in [0.25, 0.3) is 11.8 Å². The van der Waals surface area contributed by atoms with Crippen molar-refractivity contribution in [2.45, 2.75) is 51.4 Å². The zero-order valence-corrected chi connectivity index (χ0v) is 18.2. The van der Waals surface area contributed by atoms with E-state index in [9.17, 15) is 9.59 Å². The number of imide groups is 1. The number of benzene rings is 1. The Morgan fingerprint density at radius 1 is 0.893 bits per heavy atom. The lowest BCUT2D eigenvalue weighted by Gasteiger charge is -2.57. The van der Waals surface area contributed by atoms with E-state index >= 15 is 0 Å². The highest BCUT2D eigenvalue weighted by Crippen LogP contribution is 2.59. The van der Waals surface area contributed by atoms with Gasteiger partial charge in [-0.05, 0) is 93.2 Å². The normalized spacial score (nSPS) is 32.6. The maximum Gasteiger partial charge on any atom is 0.261 e. The van der Waals surface area contributed by atoms with Gasteiger partial charge in [-0.15, -0.1) is 17.0 Å². The first-order chi connectivity index (χ1) is 13.1. The lowest BCUT2D eigenvalue weighted by Crippen LogP contribution is -2.50. The molecule has 0 aromatic heterocycles. The van der Waals surface area contributed by atoms with Crippen molar-refractivity contribution >= 4 is 28.8 Å². The summed E-state index contributed by atoms with van der Waals surface area (Å²) in [6, 6.07) is 7.15. The van der Waals surface area contributed by atoms with Gasteiger partial charge in [0.2, 0.25) is 0 Å². The molecule has 4 nitrogen and oxygen atoms in total. The number of halogens is 1. The van der Waals surface area contributed by atoms with E-state index in [2.05, 4.69) is 5.32 Å². The minimum atomic E-state index is -0.128. The number of carbonyl (C=O) groups excluding carboxylic acids is 2. The number of carbonyl (C=O) groups is 2. The number of unbranched alkanes of at least 4 members (excludes halogenated alkanes) is 1. The summed E-state index contributed by atoms with van der Waals surface area (Å²) in [5.41, 5.74) is 1.70. The standard InChI is InChI=1S/C23H30N2O2.BrH/c26-21-19-5-1-2-6-20(19)22(27)25(21)8-4-3-7-24-15-23-12-16-9-17(13-23)11-18(10-16)14-23;/h1-2,5-6,16-18,24H,3-4,7-15H2;1H. The predicted octanol–water partition coefficient (Wildman–Crippen LogP) is 4.45. The summed E-state index contributed by atoms with van der Waals surface area (Å²) in [4.78, 5) is 26.2. The van der Waals surface area contributed by atoms with Crippen LogP contribution in [-0.4, -0.2) is 36.3 Å². The third-order valence-corrected chi connectivity index (χ3v) is 7.53. The highest BCUT2D eigenvalue weighted by molar-refractivity contribution is 8.93. The zero-order valence-electron chi connectivity index (χ0n) is 16.5. The number of hydrogen-bond acceptors (Lipinski definition) is 3. The van der Waals surface area contributed by atoms with Crippen LogP contribution in [0.3, 0.4) is 0 Å². The third-order valence-electron chi connectivity index (χ3n) is 7.53. The lowest BCUT2D eigenvalue weighted by molar-refractivity contribution is -0.0512. The van der Waals surface area contributed by atoms with E-state index < -0.39 is 0 Å². The van der Waals surface area contributed by atoms with Crippen LogP contribution in [0.2, 0.25) is 0 Å². The van der Waals surface area contributed by atoms with E-state index in [1.807, 2.05) is 12.1 Å². The maximum atomic E-state index is 12.4. The van der Waals surface area contributed by atoms with E-state index in [1.165, 1.54) is 50.0 Å². The molecular formula is C23H31BrN2O2. The van der Waals surface area contributed by atoms with Crippen molar-refractivity contribution in [1.82, 2.24) is 10.2 Å². The van der Waals surface area contributed by atoms with Crippen molar-refractivity contribution in [2.24, 2.45) is 23.2 Å². The average Bonchev–Trinajstić information content (AvgIpc) is 2.88. The van der Waals surface area contributed by atoms with Gasteiger partial charge in [-0.2, -0.15) is 0 Å². The van der Waals surface area contributed by atoms with E-state index in [0.29, 0.717) is 23.1 Å². The Morgan fingerprint density at radius 3 is 1.96 bits per heavy atom. The first-order valence-electron chi connectivity index (χ1n) is 10.8. The number of nitrogens with one attached hydrogen (secondary N) is 1. The Bertz CT molecular complexity index is 692. The smallest absolute Gasteiger partial charge is 0.261 e. The Morgan fingerprint density at radius 2 is 1.43 bits per heavy atom. The van der Waals surface area contributed by atoms with Crippen LogP contribution in [0.4, 0.5) is 0 Å². The summed E-state index contributed by atoms with van der Waals surface area (Å²) in [6.45, 7) is 2.69. The molecule has 4 saturated carbocycles. The van der Waals surface area contributed by atoms with Gasteiger partial charge >= 0.3 is 0 Å². The van der Waals surface area contributed by atoms with Crippen molar-refractivity contribution in [1.29, 1.82) is 0 Å². The summed E-state index contributed by atoms with van der Waals surface area (Å²) < 4.78 is 0. The summed E-state index contributed by atoms with van der Waals surface area (Å²) >= 11 is 0. The van der Waals surface area contributed by atoms with Gasteiger partial charge in [0.15, 0.2) is 0 Å². The molecule has 0 saturated heterocycles. The Hall–Kier alpha value is -1.20. The highest BCUT2D eigenvalue weighted by Gasteiger charge is 2.50. The zero-order chi connectivity index (χ0) is 18.4. The topological polar surface area (TPSA) is 49.4 Å². The molecule has 4 fully saturated rings. The molecule has 1 aromatic rings. The average molecular weight is 447 g/mol. The maximum absolute atomic E-state index is 12.4. The predicted molar refractivity (Wildman–Crippen MR) is 115 cm³/mol. The van der Waals surface area contributed by atoms with Gasteiger partial charge in [-0.3, -0.25) is 14.5 Å². The van der Waals surface area contributed by atoms with Gasteiger partial charge in [-0.25, -0.2) is 0 Å². The second-order valence-corrected chi connectivity index (χ2v) is 9.61. The van der Waals surface area contributed by atoms with Gasteiger partial charge in [0.05, 0.1) is 11.1 Å². The number of nitrogens with zero attached hydrogens (tertiary/aromatic N) is 1. The molecule has 6 rings (SSSR count). The second kappa shape index (κ2) is 7.91. The van der Waals surface area contributed by atoms with Crippen LogP contribution in [0.1, 0.15) is 72.1 Å². The first-order valence-corrected chi connectivity index (χ1v) is 10.8. The Balaban J connectivity index is 0.00000192. The molecule has 1 aromatic carbocycles. The summed E-state index contributed by atoms with van der Waals surface area (Å²) in [7, 11) is 0. The van der Waals surface area contributed by atoms with E-state index in [4.69, 9.17) is 0 Å². The molecule has 28 heavy (non-hydrogen) atoms. The minimum Gasteiger partial charge on any atom is -0.316 e.